The van der Waals surface area contributed by atoms with Crippen LogP contribution < -0.4 is 5.32 Å². The number of hydrogen-bond acceptors (Lipinski definition) is 5. The van der Waals surface area contributed by atoms with Crippen molar-refractivity contribution in [3.8, 4) is 11.3 Å². The number of rotatable bonds is 5. The summed E-state index contributed by atoms with van der Waals surface area (Å²) < 4.78 is 12.8. The molecule has 1 amide bonds. The molecule has 7 heteroatoms. The van der Waals surface area contributed by atoms with Crippen molar-refractivity contribution in [2.24, 2.45) is 5.92 Å². The summed E-state index contributed by atoms with van der Waals surface area (Å²) in [6.45, 7) is 2.46. The molecule has 0 atom stereocenters. The topological polar surface area (TPSA) is 82.2 Å². The molecule has 2 aromatic carbocycles. The summed E-state index contributed by atoms with van der Waals surface area (Å²) in [6.07, 6.45) is 5.65. The third-order valence-corrected chi connectivity index (χ3v) is 5.45. The predicted octanol–water partition coefficient (Wildman–Crippen LogP) is 4.37. The van der Waals surface area contributed by atoms with Gasteiger partial charge in [0.25, 0.3) is 5.91 Å². The monoisotopic (exact) mass is 402 g/mol. The summed E-state index contributed by atoms with van der Waals surface area (Å²) >= 11 is 0. The zero-order chi connectivity index (χ0) is 20.3. The van der Waals surface area contributed by atoms with Crippen LogP contribution in [0.4, 0.5) is 5.69 Å². The van der Waals surface area contributed by atoms with Crippen LogP contribution in [0.5, 0.6) is 0 Å². The second-order valence-electron chi connectivity index (χ2n) is 7.57. The van der Waals surface area contributed by atoms with Gasteiger partial charge < -0.3 is 14.6 Å². The lowest BCUT2D eigenvalue weighted by molar-refractivity contribution is 0.0601. The van der Waals surface area contributed by atoms with E-state index in [1.54, 1.807) is 18.3 Å². The van der Waals surface area contributed by atoms with E-state index in [9.17, 15) is 4.79 Å². The molecule has 30 heavy (non-hydrogen) atoms. The number of carbonyl (C=O) groups excluding carboxylic acids is 1. The highest BCUT2D eigenvalue weighted by Gasteiger charge is 2.16. The maximum absolute atomic E-state index is 12.8. The highest BCUT2D eigenvalue weighted by atomic mass is 16.5. The van der Waals surface area contributed by atoms with E-state index >= 15 is 0 Å². The van der Waals surface area contributed by atoms with Gasteiger partial charge in [-0.15, -0.1) is 0 Å². The lowest BCUT2D eigenvalue weighted by Gasteiger charge is -2.21. The van der Waals surface area contributed by atoms with Crippen LogP contribution in [0.15, 0.2) is 65.4 Å². The standard InChI is InChI=1S/C23H22N4O3/c28-23(25-19-13-24-27(15-19)14-16-8-10-29-11-9-16)18-6-7-21-20(12-18)22(30-26-21)17-4-2-1-3-5-17/h1-7,12-13,15-16H,8-11,14H2,(H,25,28). The zero-order valence-corrected chi connectivity index (χ0v) is 16.5. The van der Waals surface area contributed by atoms with Gasteiger partial charge in [-0.1, -0.05) is 35.5 Å². The van der Waals surface area contributed by atoms with Gasteiger partial charge in [0.1, 0.15) is 5.52 Å². The average Bonchev–Trinajstić information content (AvgIpc) is 3.41. The second kappa shape index (κ2) is 8.12. The summed E-state index contributed by atoms with van der Waals surface area (Å²) in [6, 6.07) is 15.1. The Kier molecular flexibility index (Phi) is 5.03. The Labute approximate surface area is 173 Å². The minimum Gasteiger partial charge on any atom is -0.381 e. The molecule has 3 heterocycles. The summed E-state index contributed by atoms with van der Waals surface area (Å²) in [5, 5.41) is 12.2. The molecule has 0 aliphatic carbocycles. The van der Waals surface area contributed by atoms with Crippen molar-refractivity contribution in [2.75, 3.05) is 18.5 Å². The molecular formula is C23H22N4O3. The van der Waals surface area contributed by atoms with Gasteiger partial charge in [0.2, 0.25) is 0 Å². The van der Waals surface area contributed by atoms with Crippen molar-refractivity contribution in [2.45, 2.75) is 19.4 Å². The molecule has 0 unspecified atom stereocenters. The minimum absolute atomic E-state index is 0.192. The Bertz CT molecular complexity index is 1160. The molecule has 152 valence electrons. The quantitative estimate of drug-likeness (QED) is 0.536. The van der Waals surface area contributed by atoms with Crippen LogP contribution in [-0.2, 0) is 11.3 Å². The van der Waals surface area contributed by atoms with Gasteiger partial charge in [0.05, 0.1) is 17.3 Å². The van der Waals surface area contributed by atoms with Gasteiger partial charge in [0.15, 0.2) is 5.76 Å². The van der Waals surface area contributed by atoms with E-state index in [1.807, 2.05) is 47.3 Å². The van der Waals surface area contributed by atoms with Crippen LogP contribution in [0.25, 0.3) is 22.2 Å². The number of nitrogens with one attached hydrogen (secondary N) is 1. The van der Waals surface area contributed by atoms with Crippen LogP contribution in [0, 0.1) is 5.92 Å². The minimum atomic E-state index is -0.192. The van der Waals surface area contributed by atoms with Gasteiger partial charge in [-0.2, -0.15) is 5.10 Å². The molecule has 4 aromatic rings. The van der Waals surface area contributed by atoms with E-state index in [0.717, 1.165) is 49.1 Å². The molecule has 1 fully saturated rings. The van der Waals surface area contributed by atoms with E-state index in [0.29, 0.717) is 22.9 Å². The van der Waals surface area contributed by atoms with Crippen molar-refractivity contribution < 1.29 is 14.1 Å². The third-order valence-electron chi connectivity index (χ3n) is 5.45. The molecule has 5 rings (SSSR count). The van der Waals surface area contributed by atoms with E-state index in [-0.39, 0.29) is 5.91 Å². The first kappa shape index (κ1) is 18.6. The average molecular weight is 402 g/mol. The van der Waals surface area contributed by atoms with Crippen LogP contribution in [-0.4, -0.2) is 34.1 Å². The Morgan fingerprint density at radius 2 is 1.97 bits per heavy atom. The molecule has 2 aromatic heterocycles. The van der Waals surface area contributed by atoms with Gasteiger partial charge in [-0.3, -0.25) is 9.48 Å². The van der Waals surface area contributed by atoms with Gasteiger partial charge >= 0.3 is 0 Å². The van der Waals surface area contributed by atoms with E-state index in [1.165, 1.54) is 0 Å². The maximum Gasteiger partial charge on any atom is 0.255 e. The Balaban J connectivity index is 1.33. The SMILES string of the molecule is O=C(Nc1cnn(CC2CCOCC2)c1)c1ccc2noc(-c3ccccc3)c2c1. The third kappa shape index (κ3) is 3.84. The molecule has 0 saturated carbocycles. The van der Waals surface area contributed by atoms with E-state index in [4.69, 9.17) is 9.26 Å². The van der Waals surface area contributed by atoms with Crippen molar-refractivity contribution in [1.82, 2.24) is 14.9 Å². The van der Waals surface area contributed by atoms with Crippen LogP contribution >= 0.6 is 0 Å². The Morgan fingerprint density at radius 1 is 1.13 bits per heavy atom. The molecule has 1 N–H and O–H groups in total. The number of nitrogens with zero attached hydrogens (tertiary/aromatic N) is 3. The number of carbonyl (C=O) groups is 1. The molecular weight excluding hydrogens is 380 g/mol. The number of anilines is 1. The molecule has 7 nitrogen and oxygen atoms in total. The number of benzene rings is 2. The molecule has 1 aliphatic rings. The fourth-order valence-corrected chi connectivity index (χ4v) is 3.81. The lowest BCUT2D eigenvalue weighted by Crippen LogP contribution is -2.20. The number of aromatic nitrogens is 3. The Morgan fingerprint density at radius 3 is 2.80 bits per heavy atom. The first-order valence-corrected chi connectivity index (χ1v) is 10.1. The van der Waals surface area contributed by atoms with Crippen molar-refractivity contribution in [1.29, 1.82) is 0 Å². The number of ether oxygens (including phenoxy) is 1. The highest BCUT2D eigenvalue weighted by Crippen LogP contribution is 2.29. The second-order valence-corrected chi connectivity index (χ2v) is 7.57. The van der Waals surface area contributed by atoms with E-state index < -0.39 is 0 Å². The first-order chi connectivity index (χ1) is 14.8. The molecule has 1 saturated heterocycles. The van der Waals surface area contributed by atoms with Crippen molar-refractivity contribution in [3.05, 3.63) is 66.5 Å². The van der Waals surface area contributed by atoms with Crippen LogP contribution in [0.3, 0.4) is 0 Å². The first-order valence-electron chi connectivity index (χ1n) is 10.1. The maximum atomic E-state index is 12.8. The van der Waals surface area contributed by atoms with E-state index in [2.05, 4.69) is 15.6 Å². The normalized spacial score (nSPS) is 14.8. The largest absolute Gasteiger partial charge is 0.381 e. The number of hydrogen-bond donors (Lipinski definition) is 1. The summed E-state index contributed by atoms with van der Waals surface area (Å²) in [7, 11) is 0. The molecule has 0 spiro atoms. The summed E-state index contributed by atoms with van der Waals surface area (Å²) in [5.41, 5.74) is 2.86. The van der Waals surface area contributed by atoms with Gasteiger partial charge in [-0.05, 0) is 37.0 Å². The lowest BCUT2D eigenvalue weighted by atomic mass is 10.0. The predicted molar refractivity (Wildman–Crippen MR) is 113 cm³/mol. The fourth-order valence-electron chi connectivity index (χ4n) is 3.81. The summed E-state index contributed by atoms with van der Waals surface area (Å²) in [5.74, 6) is 1.03. The van der Waals surface area contributed by atoms with Crippen LogP contribution in [0.2, 0.25) is 0 Å². The number of amides is 1. The number of fused-ring (bicyclic) bond motifs is 1. The van der Waals surface area contributed by atoms with Crippen molar-refractivity contribution >= 4 is 22.5 Å². The highest BCUT2D eigenvalue weighted by molar-refractivity contribution is 6.07. The Hall–Kier alpha value is -3.45. The van der Waals surface area contributed by atoms with Crippen molar-refractivity contribution in [3.63, 3.8) is 0 Å². The molecule has 0 bridgehead atoms. The molecule has 1 aliphatic heterocycles. The van der Waals surface area contributed by atoms with Gasteiger partial charge in [0, 0.05) is 37.1 Å². The zero-order valence-electron chi connectivity index (χ0n) is 16.5. The summed E-state index contributed by atoms with van der Waals surface area (Å²) in [4.78, 5) is 12.8. The fraction of sp³-hybridized carbons (Fsp3) is 0.261. The van der Waals surface area contributed by atoms with Gasteiger partial charge in [-0.25, -0.2) is 0 Å². The van der Waals surface area contributed by atoms with Crippen LogP contribution in [0.1, 0.15) is 23.2 Å². The smallest absolute Gasteiger partial charge is 0.255 e. The molecule has 0 radical (unpaired) electrons.